The van der Waals surface area contributed by atoms with Crippen LogP contribution in [0.15, 0.2) is 0 Å². The molecule has 2 atom stereocenters. The lowest BCUT2D eigenvalue weighted by Crippen LogP contribution is -2.54. The summed E-state index contributed by atoms with van der Waals surface area (Å²) in [6.45, 7) is 2.05. The Hall–Kier alpha value is -0.690. The van der Waals surface area contributed by atoms with Crippen molar-refractivity contribution in [3.63, 3.8) is 0 Å². The van der Waals surface area contributed by atoms with E-state index >= 15 is 0 Å². The molecule has 1 aliphatic heterocycles. The highest BCUT2D eigenvalue weighted by atomic mass is 16.5. The van der Waals surface area contributed by atoms with E-state index in [-0.39, 0.29) is 24.5 Å². The van der Waals surface area contributed by atoms with Crippen molar-refractivity contribution in [3.05, 3.63) is 0 Å². The molecule has 4 N–H and O–H groups in total. The van der Waals surface area contributed by atoms with Gasteiger partial charge in [0, 0.05) is 20.3 Å². The second-order valence-corrected chi connectivity index (χ2v) is 4.17. The average molecular weight is 231 g/mol. The summed E-state index contributed by atoms with van der Waals surface area (Å²) in [7, 11) is 1.56. The molecule has 0 aromatic carbocycles. The van der Waals surface area contributed by atoms with Gasteiger partial charge in [0.05, 0.1) is 6.61 Å². The SMILES string of the molecule is COCC(C(=O)NN)N1CCCC(CO)C1. The number of nitrogens with zero attached hydrogens (tertiary/aromatic N) is 1. The number of carbonyl (C=O) groups excluding carboxylic acids is 1. The second-order valence-electron chi connectivity index (χ2n) is 4.17. The Morgan fingerprint density at radius 3 is 3.06 bits per heavy atom. The molecule has 94 valence electrons. The number of amides is 1. The number of piperidine rings is 1. The summed E-state index contributed by atoms with van der Waals surface area (Å²) in [4.78, 5) is 13.6. The molecule has 1 saturated heterocycles. The number of hydrazine groups is 1. The fourth-order valence-electron chi connectivity index (χ4n) is 2.13. The maximum Gasteiger partial charge on any atom is 0.253 e. The molecule has 0 spiro atoms. The van der Waals surface area contributed by atoms with E-state index in [0.717, 1.165) is 25.9 Å². The molecule has 0 saturated carbocycles. The Morgan fingerprint density at radius 2 is 2.50 bits per heavy atom. The van der Waals surface area contributed by atoms with Gasteiger partial charge in [0.25, 0.3) is 5.91 Å². The highest BCUT2D eigenvalue weighted by molar-refractivity contribution is 5.81. The average Bonchev–Trinajstić information content (AvgIpc) is 2.35. The molecule has 1 amide bonds. The van der Waals surface area contributed by atoms with Gasteiger partial charge >= 0.3 is 0 Å². The lowest BCUT2D eigenvalue weighted by atomic mass is 9.97. The van der Waals surface area contributed by atoms with E-state index in [1.807, 2.05) is 4.90 Å². The molecule has 16 heavy (non-hydrogen) atoms. The topological polar surface area (TPSA) is 87.8 Å². The smallest absolute Gasteiger partial charge is 0.253 e. The van der Waals surface area contributed by atoms with E-state index in [1.165, 1.54) is 0 Å². The van der Waals surface area contributed by atoms with Gasteiger partial charge in [-0.1, -0.05) is 0 Å². The second kappa shape index (κ2) is 6.80. The van der Waals surface area contributed by atoms with Crippen molar-refractivity contribution in [3.8, 4) is 0 Å². The van der Waals surface area contributed by atoms with Crippen LogP contribution in [0, 0.1) is 5.92 Å². The molecular formula is C10H21N3O3. The Balaban J connectivity index is 2.58. The maximum absolute atomic E-state index is 11.6. The predicted octanol–water partition coefficient (Wildman–Crippen LogP) is -1.30. The fourth-order valence-corrected chi connectivity index (χ4v) is 2.13. The zero-order valence-electron chi connectivity index (χ0n) is 9.69. The third-order valence-corrected chi connectivity index (χ3v) is 3.02. The quantitative estimate of drug-likeness (QED) is 0.311. The van der Waals surface area contributed by atoms with Crippen LogP contribution in [0.4, 0.5) is 0 Å². The number of rotatable bonds is 5. The van der Waals surface area contributed by atoms with E-state index < -0.39 is 0 Å². The summed E-state index contributed by atoms with van der Waals surface area (Å²) < 4.78 is 5.03. The van der Waals surface area contributed by atoms with Crippen molar-refractivity contribution >= 4 is 5.91 Å². The lowest BCUT2D eigenvalue weighted by Gasteiger charge is -2.36. The van der Waals surface area contributed by atoms with Gasteiger partial charge in [-0.05, 0) is 25.3 Å². The van der Waals surface area contributed by atoms with Crippen LogP contribution < -0.4 is 11.3 Å². The molecule has 2 unspecified atom stereocenters. The van der Waals surface area contributed by atoms with Gasteiger partial charge in [-0.15, -0.1) is 0 Å². The van der Waals surface area contributed by atoms with Crippen molar-refractivity contribution in [2.45, 2.75) is 18.9 Å². The summed E-state index contributed by atoms with van der Waals surface area (Å²) in [6.07, 6.45) is 2.00. The Labute approximate surface area is 95.7 Å². The number of likely N-dealkylation sites (tertiary alicyclic amines) is 1. The highest BCUT2D eigenvalue weighted by Gasteiger charge is 2.29. The van der Waals surface area contributed by atoms with E-state index in [2.05, 4.69) is 5.43 Å². The molecule has 0 aromatic rings. The zero-order chi connectivity index (χ0) is 12.0. The summed E-state index contributed by atoms with van der Waals surface area (Å²) in [5.74, 6) is 5.16. The van der Waals surface area contributed by atoms with Gasteiger partial charge in [0.1, 0.15) is 6.04 Å². The Kier molecular flexibility index (Phi) is 5.68. The van der Waals surface area contributed by atoms with Crippen LogP contribution in [-0.2, 0) is 9.53 Å². The van der Waals surface area contributed by atoms with Gasteiger partial charge in [-0.25, -0.2) is 5.84 Å². The van der Waals surface area contributed by atoms with Crippen molar-refractivity contribution in [1.82, 2.24) is 10.3 Å². The highest BCUT2D eigenvalue weighted by Crippen LogP contribution is 2.18. The Morgan fingerprint density at radius 1 is 1.75 bits per heavy atom. The number of nitrogens with two attached hydrogens (primary N) is 1. The Bertz CT molecular complexity index is 225. The molecule has 0 radical (unpaired) electrons. The number of methoxy groups -OCH3 is 1. The lowest BCUT2D eigenvalue weighted by molar-refractivity contribution is -0.129. The summed E-state index contributed by atoms with van der Waals surface area (Å²) >= 11 is 0. The molecule has 1 heterocycles. The largest absolute Gasteiger partial charge is 0.396 e. The third kappa shape index (κ3) is 3.41. The molecule has 0 aromatic heterocycles. The fraction of sp³-hybridized carbons (Fsp3) is 0.900. The summed E-state index contributed by atoms with van der Waals surface area (Å²) in [5.41, 5.74) is 2.16. The standard InChI is InChI=1S/C10H21N3O3/c1-16-7-9(10(15)12-11)13-4-2-3-8(5-13)6-14/h8-9,14H,2-7,11H2,1H3,(H,12,15). The number of aliphatic hydroxyl groups excluding tert-OH is 1. The van der Waals surface area contributed by atoms with Gasteiger partial charge in [0.2, 0.25) is 0 Å². The minimum absolute atomic E-state index is 0.167. The normalized spacial score (nSPS) is 24.1. The van der Waals surface area contributed by atoms with E-state index in [4.69, 9.17) is 15.7 Å². The van der Waals surface area contributed by atoms with E-state index in [9.17, 15) is 4.79 Å². The number of aliphatic hydroxyl groups is 1. The molecule has 6 heteroatoms. The molecular weight excluding hydrogens is 210 g/mol. The first kappa shape index (κ1) is 13.4. The maximum atomic E-state index is 11.6. The summed E-state index contributed by atoms with van der Waals surface area (Å²) in [5, 5.41) is 9.13. The monoisotopic (exact) mass is 231 g/mol. The number of hydrogen-bond acceptors (Lipinski definition) is 5. The number of ether oxygens (including phenoxy) is 1. The van der Waals surface area contributed by atoms with Crippen LogP contribution in [0.1, 0.15) is 12.8 Å². The predicted molar refractivity (Wildman–Crippen MR) is 59.4 cm³/mol. The minimum Gasteiger partial charge on any atom is -0.396 e. The first-order valence-corrected chi connectivity index (χ1v) is 5.57. The van der Waals surface area contributed by atoms with Crippen molar-refractivity contribution < 1.29 is 14.6 Å². The van der Waals surface area contributed by atoms with E-state index in [1.54, 1.807) is 7.11 Å². The third-order valence-electron chi connectivity index (χ3n) is 3.02. The van der Waals surface area contributed by atoms with Crippen LogP contribution in [0.2, 0.25) is 0 Å². The van der Waals surface area contributed by atoms with E-state index in [0.29, 0.717) is 6.61 Å². The molecule has 1 aliphatic rings. The van der Waals surface area contributed by atoms with Crippen LogP contribution in [0.5, 0.6) is 0 Å². The number of nitrogens with one attached hydrogen (secondary N) is 1. The van der Waals surface area contributed by atoms with Crippen LogP contribution >= 0.6 is 0 Å². The zero-order valence-corrected chi connectivity index (χ0v) is 9.69. The minimum atomic E-state index is -0.357. The van der Waals surface area contributed by atoms with Gasteiger partial charge in [0.15, 0.2) is 0 Å². The van der Waals surface area contributed by atoms with Crippen LogP contribution in [-0.4, -0.2) is 55.4 Å². The first-order chi connectivity index (χ1) is 7.72. The molecule has 0 bridgehead atoms. The van der Waals surface area contributed by atoms with Gasteiger partial charge in [-0.3, -0.25) is 15.1 Å². The van der Waals surface area contributed by atoms with Crippen molar-refractivity contribution in [1.29, 1.82) is 0 Å². The van der Waals surface area contributed by atoms with Crippen molar-refractivity contribution in [2.75, 3.05) is 33.4 Å². The molecule has 1 rings (SSSR count). The van der Waals surface area contributed by atoms with Gasteiger partial charge < -0.3 is 9.84 Å². The first-order valence-electron chi connectivity index (χ1n) is 5.57. The van der Waals surface area contributed by atoms with Gasteiger partial charge in [-0.2, -0.15) is 0 Å². The molecule has 0 aliphatic carbocycles. The van der Waals surface area contributed by atoms with Crippen molar-refractivity contribution in [2.24, 2.45) is 11.8 Å². The van der Waals surface area contributed by atoms with Crippen LogP contribution in [0.3, 0.4) is 0 Å². The molecule has 6 nitrogen and oxygen atoms in total. The summed E-state index contributed by atoms with van der Waals surface area (Å²) in [6, 6.07) is -0.357. The molecule has 1 fully saturated rings. The number of hydrogen-bond donors (Lipinski definition) is 3. The van der Waals surface area contributed by atoms with Crippen LogP contribution in [0.25, 0.3) is 0 Å². The number of carbonyl (C=O) groups is 1.